The second kappa shape index (κ2) is 4.18. The summed E-state index contributed by atoms with van der Waals surface area (Å²) in [4.78, 5) is 7.71. The average molecular weight is 238 g/mol. The highest BCUT2D eigenvalue weighted by Crippen LogP contribution is 2.31. The molecule has 0 spiro atoms. The van der Waals surface area contributed by atoms with Crippen LogP contribution in [0.2, 0.25) is 0 Å². The van der Waals surface area contributed by atoms with Crippen molar-refractivity contribution in [2.45, 2.75) is 6.92 Å². The summed E-state index contributed by atoms with van der Waals surface area (Å²) in [6.07, 6.45) is 1.82. The number of aromatic nitrogens is 2. The predicted octanol–water partition coefficient (Wildman–Crippen LogP) is 3.55. The summed E-state index contributed by atoms with van der Waals surface area (Å²) in [5.41, 5.74) is 4.25. The van der Waals surface area contributed by atoms with Gasteiger partial charge >= 0.3 is 0 Å². The Morgan fingerprint density at radius 3 is 2.78 bits per heavy atom. The first-order valence-electron chi connectivity index (χ1n) is 5.87. The molecule has 0 atom stereocenters. The molecule has 90 valence electrons. The first-order valence-corrected chi connectivity index (χ1v) is 5.87. The van der Waals surface area contributed by atoms with Crippen molar-refractivity contribution < 1.29 is 4.74 Å². The van der Waals surface area contributed by atoms with Gasteiger partial charge in [0, 0.05) is 28.4 Å². The fourth-order valence-electron chi connectivity index (χ4n) is 2.21. The smallest absolute Gasteiger partial charge is 0.128 e. The van der Waals surface area contributed by atoms with Crippen molar-refractivity contribution in [3.05, 3.63) is 48.3 Å². The second-order valence-corrected chi connectivity index (χ2v) is 4.24. The molecule has 0 aliphatic heterocycles. The molecule has 0 saturated carbocycles. The number of aromatic amines is 1. The number of hydrogen-bond donors (Lipinski definition) is 1. The Bertz CT molecular complexity index is 701. The summed E-state index contributed by atoms with van der Waals surface area (Å²) in [7, 11) is 1.69. The van der Waals surface area contributed by atoms with Crippen LogP contribution in [0.1, 0.15) is 5.69 Å². The largest absolute Gasteiger partial charge is 0.496 e. The van der Waals surface area contributed by atoms with Crippen LogP contribution in [0.5, 0.6) is 5.75 Å². The van der Waals surface area contributed by atoms with Crippen molar-refractivity contribution in [3.63, 3.8) is 0 Å². The molecule has 1 aromatic carbocycles. The van der Waals surface area contributed by atoms with E-state index < -0.39 is 0 Å². The van der Waals surface area contributed by atoms with Crippen LogP contribution in [-0.4, -0.2) is 17.1 Å². The van der Waals surface area contributed by atoms with Crippen LogP contribution >= 0.6 is 0 Å². The lowest BCUT2D eigenvalue weighted by Gasteiger charge is -2.05. The minimum Gasteiger partial charge on any atom is -0.496 e. The van der Waals surface area contributed by atoms with E-state index in [1.165, 1.54) is 0 Å². The van der Waals surface area contributed by atoms with E-state index in [-0.39, 0.29) is 0 Å². The van der Waals surface area contributed by atoms with Crippen LogP contribution in [0.3, 0.4) is 0 Å². The predicted molar refractivity (Wildman–Crippen MR) is 72.8 cm³/mol. The number of nitrogens with zero attached hydrogens (tertiary/aromatic N) is 1. The zero-order valence-electron chi connectivity index (χ0n) is 10.4. The molecule has 0 aliphatic carbocycles. The minimum atomic E-state index is 0.870. The number of para-hydroxylation sites is 1. The van der Waals surface area contributed by atoms with Gasteiger partial charge in [-0.05, 0) is 31.2 Å². The van der Waals surface area contributed by atoms with Gasteiger partial charge in [-0.25, -0.2) is 0 Å². The number of hydrogen-bond acceptors (Lipinski definition) is 2. The van der Waals surface area contributed by atoms with Crippen molar-refractivity contribution in [1.82, 2.24) is 9.97 Å². The molecule has 2 aromatic heterocycles. The fraction of sp³-hybridized carbons (Fsp3) is 0.133. The van der Waals surface area contributed by atoms with E-state index in [2.05, 4.69) is 16.0 Å². The lowest BCUT2D eigenvalue weighted by molar-refractivity contribution is 0.416. The first-order chi connectivity index (χ1) is 8.79. The van der Waals surface area contributed by atoms with Gasteiger partial charge in [-0.1, -0.05) is 12.1 Å². The maximum atomic E-state index is 5.39. The molecular weight excluding hydrogens is 224 g/mol. The minimum absolute atomic E-state index is 0.870. The number of H-pyrrole nitrogens is 1. The van der Waals surface area contributed by atoms with E-state index in [4.69, 9.17) is 4.74 Å². The SMILES string of the molecule is COc1ccccc1-c1cc2c(C)nccc2[nH]1. The maximum absolute atomic E-state index is 5.39. The Kier molecular flexibility index (Phi) is 2.52. The number of rotatable bonds is 2. The Labute approximate surface area is 105 Å². The number of aryl methyl sites for hydroxylation is 1. The van der Waals surface area contributed by atoms with Crippen LogP contribution in [0.15, 0.2) is 42.6 Å². The zero-order valence-corrected chi connectivity index (χ0v) is 10.4. The topological polar surface area (TPSA) is 37.9 Å². The first kappa shape index (κ1) is 10.8. The quantitative estimate of drug-likeness (QED) is 0.741. The molecule has 1 N–H and O–H groups in total. The van der Waals surface area contributed by atoms with E-state index in [1.54, 1.807) is 7.11 Å². The Morgan fingerprint density at radius 2 is 2.00 bits per heavy atom. The van der Waals surface area contributed by atoms with Crippen LogP contribution in [0.4, 0.5) is 0 Å². The number of nitrogens with one attached hydrogen (secondary N) is 1. The standard InChI is InChI=1S/C15H14N2O/c1-10-12-9-14(17-13(12)7-8-16-10)11-5-3-4-6-15(11)18-2/h3-9,17H,1-2H3. The molecule has 0 unspecified atom stereocenters. The van der Waals surface area contributed by atoms with E-state index in [0.29, 0.717) is 0 Å². The number of ether oxygens (including phenoxy) is 1. The number of methoxy groups -OCH3 is 1. The third kappa shape index (κ3) is 1.64. The number of pyridine rings is 1. The van der Waals surface area contributed by atoms with E-state index in [1.807, 2.05) is 43.5 Å². The molecular formula is C15H14N2O. The average Bonchev–Trinajstić information content (AvgIpc) is 2.84. The summed E-state index contributed by atoms with van der Waals surface area (Å²) in [5.74, 6) is 0.870. The third-order valence-electron chi connectivity index (χ3n) is 3.14. The molecule has 3 nitrogen and oxygen atoms in total. The van der Waals surface area contributed by atoms with Gasteiger partial charge in [-0.3, -0.25) is 4.98 Å². The summed E-state index contributed by atoms with van der Waals surface area (Å²) >= 11 is 0. The van der Waals surface area contributed by atoms with Gasteiger partial charge in [0.25, 0.3) is 0 Å². The second-order valence-electron chi connectivity index (χ2n) is 4.24. The van der Waals surface area contributed by atoms with Crippen LogP contribution in [-0.2, 0) is 0 Å². The van der Waals surface area contributed by atoms with Gasteiger partial charge < -0.3 is 9.72 Å². The summed E-state index contributed by atoms with van der Waals surface area (Å²) in [6, 6.07) is 12.1. The maximum Gasteiger partial charge on any atom is 0.128 e. The van der Waals surface area contributed by atoms with Gasteiger partial charge in [0.15, 0.2) is 0 Å². The highest BCUT2D eigenvalue weighted by Gasteiger charge is 2.09. The van der Waals surface area contributed by atoms with Crippen molar-refractivity contribution in [3.8, 4) is 17.0 Å². The monoisotopic (exact) mass is 238 g/mol. The summed E-state index contributed by atoms with van der Waals surface area (Å²) in [5, 5.41) is 1.15. The van der Waals surface area contributed by atoms with Crippen molar-refractivity contribution in [1.29, 1.82) is 0 Å². The van der Waals surface area contributed by atoms with Crippen LogP contribution in [0.25, 0.3) is 22.2 Å². The fourth-order valence-corrected chi connectivity index (χ4v) is 2.21. The molecule has 3 aromatic rings. The van der Waals surface area contributed by atoms with Gasteiger partial charge in [0.2, 0.25) is 0 Å². The summed E-state index contributed by atoms with van der Waals surface area (Å²) < 4.78 is 5.39. The Balaban J connectivity index is 2.23. The molecule has 2 heterocycles. The number of benzene rings is 1. The molecule has 3 rings (SSSR count). The number of fused-ring (bicyclic) bond motifs is 1. The van der Waals surface area contributed by atoms with Crippen molar-refractivity contribution in [2.75, 3.05) is 7.11 Å². The molecule has 0 bridgehead atoms. The molecule has 3 heteroatoms. The molecule has 0 amide bonds. The summed E-state index contributed by atoms with van der Waals surface area (Å²) in [6.45, 7) is 2.02. The van der Waals surface area contributed by atoms with E-state index >= 15 is 0 Å². The van der Waals surface area contributed by atoms with Crippen LogP contribution < -0.4 is 4.74 Å². The van der Waals surface area contributed by atoms with Gasteiger partial charge in [0.1, 0.15) is 5.75 Å². The lowest BCUT2D eigenvalue weighted by Crippen LogP contribution is -1.86. The highest BCUT2D eigenvalue weighted by atomic mass is 16.5. The molecule has 0 saturated heterocycles. The Hall–Kier alpha value is -2.29. The highest BCUT2D eigenvalue weighted by molar-refractivity contribution is 5.88. The Morgan fingerprint density at radius 1 is 1.17 bits per heavy atom. The van der Waals surface area contributed by atoms with Crippen LogP contribution in [0, 0.1) is 6.92 Å². The molecule has 0 fully saturated rings. The van der Waals surface area contributed by atoms with Gasteiger partial charge in [-0.15, -0.1) is 0 Å². The van der Waals surface area contributed by atoms with Crippen molar-refractivity contribution >= 4 is 10.9 Å². The van der Waals surface area contributed by atoms with Gasteiger partial charge in [-0.2, -0.15) is 0 Å². The van der Waals surface area contributed by atoms with Gasteiger partial charge in [0.05, 0.1) is 12.8 Å². The molecule has 0 aliphatic rings. The normalized spacial score (nSPS) is 10.8. The molecule has 18 heavy (non-hydrogen) atoms. The zero-order chi connectivity index (χ0) is 12.5. The van der Waals surface area contributed by atoms with E-state index in [9.17, 15) is 0 Å². The van der Waals surface area contributed by atoms with E-state index in [0.717, 1.165) is 33.6 Å². The molecule has 0 radical (unpaired) electrons. The third-order valence-corrected chi connectivity index (χ3v) is 3.14. The van der Waals surface area contributed by atoms with Crippen molar-refractivity contribution in [2.24, 2.45) is 0 Å². The lowest BCUT2D eigenvalue weighted by atomic mass is 10.1.